The molecule has 0 fully saturated rings. The van der Waals surface area contributed by atoms with Gasteiger partial charge in [-0.05, 0) is 47.2 Å². The molecule has 1 atom stereocenters. The minimum Gasteiger partial charge on any atom is -0.354 e. The van der Waals surface area contributed by atoms with E-state index in [9.17, 15) is 0 Å². The fourth-order valence-electron chi connectivity index (χ4n) is 1.26. The summed E-state index contributed by atoms with van der Waals surface area (Å²) in [6, 6.07) is 8.72. The van der Waals surface area contributed by atoms with Gasteiger partial charge in [-0.25, -0.2) is 0 Å². The second-order valence-electron chi connectivity index (χ2n) is 3.16. The zero-order valence-electron chi connectivity index (χ0n) is 8.14. The van der Waals surface area contributed by atoms with Gasteiger partial charge in [0.15, 0.2) is 0 Å². The number of halogens is 1. The lowest BCUT2D eigenvalue weighted by molar-refractivity contribution is 0.873. The molecule has 1 heterocycles. The van der Waals surface area contributed by atoms with Gasteiger partial charge in [-0.3, -0.25) is 0 Å². The maximum Gasteiger partial charge on any atom is 0.205 e. The van der Waals surface area contributed by atoms with Crippen molar-refractivity contribution in [2.45, 2.75) is 13.0 Å². The third kappa shape index (κ3) is 2.88. The monoisotopic (exact) mass is 331 g/mol. The molecule has 2 rings (SSSR count). The number of anilines is 1. The Bertz CT molecular complexity index is 413. The van der Waals surface area contributed by atoms with Crippen LogP contribution in [0.25, 0.3) is 0 Å². The van der Waals surface area contributed by atoms with Crippen molar-refractivity contribution in [1.29, 1.82) is 0 Å². The molecule has 2 aromatic rings. The van der Waals surface area contributed by atoms with Gasteiger partial charge in [0.05, 0.1) is 6.04 Å². The highest BCUT2D eigenvalue weighted by Gasteiger charge is 2.06. The molecule has 1 N–H and O–H groups in total. The van der Waals surface area contributed by atoms with Gasteiger partial charge in [-0.15, -0.1) is 10.2 Å². The van der Waals surface area contributed by atoms with Crippen LogP contribution in [0.15, 0.2) is 29.8 Å². The van der Waals surface area contributed by atoms with Gasteiger partial charge in [0.25, 0.3) is 0 Å². The number of hydrogen-bond acceptors (Lipinski definition) is 4. The van der Waals surface area contributed by atoms with Crippen molar-refractivity contribution >= 4 is 39.1 Å². The lowest BCUT2D eigenvalue weighted by Crippen LogP contribution is -2.06. The predicted octanol–water partition coefficient (Wildman–Crippen LogP) is 3.32. The molecule has 5 heteroatoms. The third-order valence-electron chi connectivity index (χ3n) is 2.07. The van der Waals surface area contributed by atoms with E-state index in [1.165, 1.54) is 20.5 Å². The smallest absolute Gasteiger partial charge is 0.205 e. The summed E-state index contributed by atoms with van der Waals surface area (Å²) in [7, 11) is 0. The molecule has 3 nitrogen and oxygen atoms in total. The number of aromatic nitrogens is 2. The number of benzene rings is 1. The molecule has 0 radical (unpaired) electrons. The fourth-order valence-corrected chi connectivity index (χ4v) is 2.15. The highest BCUT2D eigenvalue weighted by atomic mass is 127. The highest BCUT2D eigenvalue weighted by molar-refractivity contribution is 14.1. The average molecular weight is 331 g/mol. The van der Waals surface area contributed by atoms with E-state index in [1.54, 1.807) is 5.51 Å². The first-order valence-corrected chi connectivity index (χ1v) is 6.50. The quantitative estimate of drug-likeness (QED) is 0.877. The Labute approximate surface area is 106 Å². The number of nitrogens with zero attached hydrogens (tertiary/aromatic N) is 2. The topological polar surface area (TPSA) is 37.8 Å². The molecule has 0 saturated heterocycles. The minimum absolute atomic E-state index is 0.259. The maximum absolute atomic E-state index is 3.96. The fraction of sp³-hybridized carbons (Fsp3) is 0.200. The van der Waals surface area contributed by atoms with Crippen LogP contribution in [0.2, 0.25) is 0 Å². The molecular weight excluding hydrogens is 321 g/mol. The summed E-state index contributed by atoms with van der Waals surface area (Å²) in [5.74, 6) is 0. The van der Waals surface area contributed by atoms with Gasteiger partial charge in [0.1, 0.15) is 5.51 Å². The van der Waals surface area contributed by atoms with E-state index in [4.69, 9.17) is 0 Å². The van der Waals surface area contributed by atoms with Crippen LogP contribution < -0.4 is 5.32 Å². The van der Waals surface area contributed by atoms with E-state index in [0.29, 0.717) is 0 Å². The molecule has 0 saturated carbocycles. The largest absolute Gasteiger partial charge is 0.354 e. The number of rotatable bonds is 3. The van der Waals surface area contributed by atoms with Crippen LogP contribution in [0.4, 0.5) is 5.13 Å². The van der Waals surface area contributed by atoms with E-state index in [2.05, 4.69) is 69.3 Å². The molecule has 15 heavy (non-hydrogen) atoms. The Morgan fingerprint density at radius 3 is 2.67 bits per heavy atom. The Morgan fingerprint density at radius 2 is 2.07 bits per heavy atom. The number of hydrogen-bond donors (Lipinski definition) is 1. The molecule has 1 aromatic carbocycles. The average Bonchev–Trinajstić information content (AvgIpc) is 2.71. The van der Waals surface area contributed by atoms with Gasteiger partial charge >= 0.3 is 0 Å². The summed E-state index contributed by atoms with van der Waals surface area (Å²) >= 11 is 3.82. The van der Waals surface area contributed by atoms with Crippen molar-refractivity contribution in [1.82, 2.24) is 10.2 Å². The summed E-state index contributed by atoms with van der Waals surface area (Å²) in [6.07, 6.45) is 0. The predicted molar refractivity (Wildman–Crippen MR) is 71.1 cm³/mol. The zero-order valence-corrected chi connectivity index (χ0v) is 11.1. The Balaban J connectivity index is 2.08. The molecule has 0 aliphatic rings. The summed E-state index contributed by atoms with van der Waals surface area (Å²) in [5, 5.41) is 11.9. The second-order valence-corrected chi connectivity index (χ2v) is 5.24. The summed E-state index contributed by atoms with van der Waals surface area (Å²) in [5.41, 5.74) is 2.98. The highest BCUT2D eigenvalue weighted by Crippen LogP contribution is 2.20. The molecule has 1 aromatic heterocycles. The third-order valence-corrected chi connectivity index (χ3v) is 3.41. The number of nitrogens with one attached hydrogen (secondary N) is 1. The van der Waals surface area contributed by atoms with Gasteiger partial charge < -0.3 is 5.32 Å². The summed E-state index contributed by atoms with van der Waals surface area (Å²) in [6.45, 7) is 2.11. The van der Waals surface area contributed by atoms with Crippen LogP contribution in [0.5, 0.6) is 0 Å². The lowest BCUT2D eigenvalue weighted by atomic mass is 10.1. The zero-order chi connectivity index (χ0) is 10.7. The molecule has 78 valence electrons. The first-order chi connectivity index (χ1) is 7.25. The minimum atomic E-state index is 0.259. The van der Waals surface area contributed by atoms with Crippen LogP contribution in [-0.4, -0.2) is 10.2 Å². The van der Waals surface area contributed by atoms with Crippen molar-refractivity contribution in [3.05, 3.63) is 38.9 Å². The van der Waals surface area contributed by atoms with Crippen LogP contribution >= 0.6 is 33.9 Å². The molecule has 0 amide bonds. The van der Waals surface area contributed by atoms with E-state index in [-0.39, 0.29) is 6.04 Å². The standard InChI is InChI=1S/C10H10IN3S/c1-7(13-10-14-12-6-15-10)8-2-4-9(11)5-3-8/h2-7H,1H3,(H,13,14). The Kier molecular flexibility index (Phi) is 3.53. The van der Waals surface area contributed by atoms with Crippen LogP contribution in [0.3, 0.4) is 0 Å². The molecule has 0 aliphatic heterocycles. The summed E-state index contributed by atoms with van der Waals surface area (Å²) in [4.78, 5) is 0. The van der Waals surface area contributed by atoms with Crippen molar-refractivity contribution in [2.24, 2.45) is 0 Å². The van der Waals surface area contributed by atoms with E-state index in [0.717, 1.165) is 5.13 Å². The van der Waals surface area contributed by atoms with E-state index in [1.807, 2.05) is 0 Å². The molecule has 1 unspecified atom stereocenters. The molecular formula is C10H10IN3S. The Morgan fingerprint density at radius 1 is 1.33 bits per heavy atom. The molecule has 0 bridgehead atoms. The normalized spacial score (nSPS) is 12.4. The van der Waals surface area contributed by atoms with E-state index < -0.39 is 0 Å². The molecule has 0 aliphatic carbocycles. The second kappa shape index (κ2) is 4.89. The van der Waals surface area contributed by atoms with Gasteiger partial charge in [-0.1, -0.05) is 23.5 Å². The van der Waals surface area contributed by atoms with Gasteiger partial charge in [0, 0.05) is 3.57 Å². The Hall–Kier alpha value is -0.690. The first kappa shape index (κ1) is 10.8. The van der Waals surface area contributed by atoms with E-state index >= 15 is 0 Å². The van der Waals surface area contributed by atoms with Gasteiger partial charge in [0.2, 0.25) is 5.13 Å². The van der Waals surface area contributed by atoms with Crippen molar-refractivity contribution in [3.63, 3.8) is 0 Å². The van der Waals surface area contributed by atoms with Crippen molar-refractivity contribution in [3.8, 4) is 0 Å². The van der Waals surface area contributed by atoms with Crippen LogP contribution in [0, 0.1) is 3.57 Å². The lowest BCUT2D eigenvalue weighted by Gasteiger charge is -2.12. The molecule has 0 spiro atoms. The first-order valence-electron chi connectivity index (χ1n) is 4.54. The summed E-state index contributed by atoms with van der Waals surface area (Å²) < 4.78 is 1.25. The van der Waals surface area contributed by atoms with Crippen LogP contribution in [-0.2, 0) is 0 Å². The van der Waals surface area contributed by atoms with Gasteiger partial charge in [-0.2, -0.15) is 0 Å². The SMILES string of the molecule is CC(Nc1nncs1)c1ccc(I)cc1. The maximum atomic E-state index is 3.96. The van der Waals surface area contributed by atoms with Crippen molar-refractivity contribution in [2.75, 3.05) is 5.32 Å². The van der Waals surface area contributed by atoms with Crippen LogP contribution in [0.1, 0.15) is 18.5 Å². The van der Waals surface area contributed by atoms with Crippen molar-refractivity contribution < 1.29 is 0 Å².